The fourth-order valence-electron chi connectivity index (χ4n) is 1.81. The molecular formula is C15H22N4O3. The summed E-state index contributed by atoms with van der Waals surface area (Å²) in [7, 11) is 4.58. The summed E-state index contributed by atoms with van der Waals surface area (Å²) >= 11 is 0. The second-order valence-electron chi connectivity index (χ2n) is 4.54. The van der Waals surface area contributed by atoms with Crippen LogP contribution in [0.25, 0.3) is 0 Å². The molecule has 0 bridgehead atoms. The van der Waals surface area contributed by atoms with E-state index in [4.69, 9.17) is 25.7 Å². The third kappa shape index (κ3) is 4.41. The maximum absolute atomic E-state index is 5.83. The Kier molecular flexibility index (Phi) is 6.25. The Morgan fingerprint density at radius 1 is 1.23 bits per heavy atom. The van der Waals surface area contributed by atoms with E-state index in [-0.39, 0.29) is 5.95 Å². The van der Waals surface area contributed by atoms with Crippen molar-refractivity contribution in [3.8, 4) is 0 Å². The van der Waals surface area contributed by atoms with Gasteiger partial charge in [-0.3, -0.25) is 0 Å². The molecule has 0 radical (unpaired) electrons. The number of allylic oxidation sites excluding steroid dienone is 2. The molecule has 0 unspecified atom stereocenters. The standard InChI is InChI=1S/C15H22N4O3/c1-9(6-11-8-18-15(17)19-14(11)16)7-12(21-4)13(22-5)10(2)20-3/h7-8H,2,6H2,1,3-5H3,(H4,16,17,18,19)/b9-7+,13-12-. The Labute approximate surface area is 130 Å². The molecule has 0 saturated heterocycles. The van der Waals surface area contributed by atoms with Crippen molar-refractivity contribution < 1.29 is 14.2 Å². The summed E-state index contributed by atoms with van der Waals surface area (Å²) < 4.78 is 15.7. The van der Waals surface area contributed by atoms with Crippen molar-refractivity contribution in [3.63, 3.8) is 0 Å². The van der Waals surface area contributed by atoms with Crippen LogP contribution in [0.4, 0.5) is 11.8 Å². The van der Waals surface area contributed by atoms with E-state index in [1.54, 1.807) is 13.3 Å². The fraction of sp³-hybridized carbons (Fsp3) is 0.333. The number of nitrogens with two attached hydrogens (primary N) is 2. The van der Waals surface area contributed by atoms with E-state index in [0.29, 0.717) is 29.5 Å². The Bertz CT molecular complexity index is 609. The average molecular weight is 306 g/mol. The van der Waals surface area contributed by atoms with Gasteiger partial charge in [0.15, 0.2) is 11.5 Å². The van der Waals surface area contributed by atoms with Crippen molar-refractivity contribution in [2.24, 2.45) is 0 Å². The first kappa shape index (κ1) is 17.4. The van der Waals surface area contributed by atoms with Gasteiger partial charge < -0.3 is 25.7 Å². The Hall–Kier alpha value is -2.70. The van der Waals surface area contributed by atoms with Gasteiger partial charge in [0.25, 0.3) is 0 Å². The first-order valence-corrected chi connectivity index (χ1v) is 6.52. The van der Waals surface area contributed by atoms with Crippen LogP contribution in [-0.2, 0) is 20.6 Å². The van der Waals surface area contributed by atoms with Crippen LogP contribution in [-0.4, -0.2) is 31.3 Å². The summed E-state index contributed by atoms with van der Waals surface area (Å²) in [6.07, 6.45) is 3.98. The van der Waals surface area contributed by atoms with Gasteiger partial charge in [-0.15, -0.1) is 0 Å². The molecule has 1 aromatic rings. The summed E-state index contributed by atoms with van der Waals surface area (Å²) in [6.45, 7) is 5.69. The zero-order valence-electron chi connectivity index (χ0n) is 13.3. The minimum Gasteiger partial charge on any atom is -0.493 e. The summed E-state index contributed by atoms with van der Waals surface area (Å²) in [4.78, 5) is 7.88. The number of nitrogens with zero attached hydrogens (tertiary/aromatic N) is 2. The van der Waals surface area contributed by atoms with Crippen LogP contribution in [0, 0.1) is 0 Å². The van der Waals surface area contributed by atoms with Crippen LogP contribution in [0.2, 0.25) is 0 Å². The highest BCUT2D eigenvalue weighted by molar-refractivity contribution is 5.44. The smallest absolute Gasteiger partial charge is 0.221 e. The lowest BCUT2D eigenvalue weighted by Gasteiger charge is -2.13. The van der Waals surface area contributed by atoms with Crippen molar-refractivity contribution >= 4 is 11.8 Å². The predicted molar refractivity (Wildman–Crippen MR) is 85.5 cm³/mol. The first-order chi connectivity index (χ1) is 10.4. The Balaban J connectivity index is 3.07. The van der Waals surface area contributed by atoms with E-state index in [1.165, 1.54) is 14.2 Å². The van der Waals surface area contributed by atoms with Crippen LogP contribution < -0.4 is 11.5 Å². The molecule has 1 heterocycles. The zero-order valence-corrected chi connectivity index (χ0v) is 13.3. The minimum atomic E-state index is 0.151. The van der Waals surface area contributed by atoms with E-state index >= 15 is 0 Å². The van der Waals surface area contributed by atoms with Crippen molar-refractivity contribution in [2.75, 3.05) is 32.8 Å². The third-order valence-corrected chi connectivity index (χ3v) is 2.91. The van der Waals surface area contributed by atoms with Gasteiger partial charge in [-0.2, -0.15) is 4.98 Å². The van der Waals surface area contributed by atoms with E-state index in [9.17, 15) is 0 Å². The van der Waals surface area contributed by atoms with Gasteiger partial charge in [0, 0.05) is 11.8 Å². The predicted octanol–water partition coefficient (Wildman–Crippen LogP) is 1.79. The molecule has 0 amide bonds. The van der Waals surface area contributed by atoms with E-state index in [1.807, 2.05) is 13.0 Å². The van der Waals surface area contributed by atoms with Crippen molar-refractivity contribution in [3.05, 3.63) is 47.3 Å². The number of hydrogen-bond acceptors (Lipinski definition) is 7. The molecule has 120 valence electrons. The lowest BCUT2D eigenvalue weighted by atomic mass is 10.1. The summed E-state index contributed by atoms with van der Waals surface area (Å²) in [5.74, 6) is 1.81. The van der Waals surface area contributed by atoms with E-state index in [2.05, 4.69) is 16.5 Å². The normalized spacial score (nSPS) is 12.5. The highest BCUT2D eigenvalue weighted by Crippen LogP contribution is 2.20. The van der Waals surface area contributed by atoms with Crippen LogP contribution >= 0.6 is 0 Å². The quantitative estimate of drug-likeness (QED) is 0.584. The molecule has 0 saturated carbocycles. The maximum atomic E-state index is 5.83. The van der Waals surface area contributed by atoms with Crippen LogP contribution in [0.15, 0.2) is 41.7 Å². The zero-order chi connectivity index (χ0) is 16.7. The van der Waals surface area contributed by atoms with Gasteiger partial charge >= 0.3 is 0 Å². The number of nitrogen functional groups attached to an aromatic ring is 2. The second-order valence-corrected chi connectivity index (χ2v) is 4.54. The molecule has 0 fully saturated rings. The van der Waals surface area contributed by atoms with Crippen molar-refractivity contribution in [2.45, 2.75) is 13.3 Å². The Morgan fingerprint density at radius 3 is 2.41 bits per heavy atom. The second kappa shape index (κ2) is 7.92. The van der Waals surface area contributed by atoms with E-state index in [0.717, 1.165) is 11.1 Å². The largest absolute Gasteiger partial charge is 0.493 e. The van der Waals surface area contributed by atoms with Gasteiger partial charge in [-0.1, -0.05) is 12.2 Å². The maximum Gasteiger partial charge on any atom is 0.221 e. The number of aromatic nitrogens is 2. The minimum absolute atomic E-state index is 0.151. The SMILES string of the molecule is C=C(OC)/C(OC)=C(\C=C(/C)Cc1cnc(N)nc1N)OC. The topological polar surface area (TPSA) is 106 Å². The number of methoxy groups -OCH3 is 3. The van der Waals surface area contributed by atoms with Gasteiger partial charge in [-0.25, -0.2) is 4.98 Å². The van der Waals surface area contributed by atoms with Crippen LogP contribution in [0.1, 0.15) is 12.5 Å². The number of rotatable bonds is 7. The summed E-state index contributed by atoms with van der Waals surface area (Å²) in [5.41, 5.74) is 13.1. The molecule has 1 rings (SSSR count). The first-order valence-electron chi connectivity index (χ1n) is 6.52. The van der Waals surface area contributed by atoms with Gasteiger partial charge in [0.05, 0.1) is 21.3 Å². The highest BCUT2D eigenvalue weighted by Gasteiger charge is 2.12. The monoisotopic (exact) mass is 306 g/mol. The average Bonchev–Trinajstić information content (AvgIpc) is 2.49. The highest BCUT2D eigenvalue weighted by atomic mass is 16.5. The van der Waals surface area contributed by atoms with E-state index < -0.39 is 0 Å². The van der Waals surface area contributed by atoms with Crippen LogP contribution in [0.5, 0.6) is 0 Å². The molecule has 0 spiro atoms. The lowest BCUT2D eigenvalue weighted by Crippen LogP contribution is -2.04. The third-order valence-electron chi connectivity index (χ3n) is 2.91. The lowest BCUT2D eigenvalue weighted by molar-refractivity contribution is 0.192. The van der Waals surface area contributed by atoms with Gasteiger partial charge in [0.2, 0.25) is 11.7 Å². The molecule has 0 aliphatic heterocycles. The molecule has 7 heteroatoms. The fourth-order valence-corrected chi connectivity index (χ4v) is 1.81. The molecule has 4 N–H and O–H groups in total. The molecule has 7 nitrogen and oxygen atoms in total. The van der Waals surface area contributed by atoms with Gasteiger partial charge in [-0.05, 0) is 19.4 Å². The van der Waals surface area contributed by atoms with Crippen molar-refractivity contribution in [1.82, 2.24) is 9.97 Å². The Morgan fingerprint density at radius 2 is 1.91 bits per heavy atom. The molecular weight excluding hydrogens is 284 g/mol. The molecule has 0 atom stereocenters. The van der Waals surface area contributed by atoms with Crippen molar-refractivity contribution in [1.29, 1.82) is 0 Å². The van der Waals surface area contributed by atoms with Crippen LogP contribution in [0.3, 0.4) is 0 Å². The summed E-state index contributed by atoms with van der Waals surface area (Å²) in [5, 5.41) is 0. The number of ether oxygens (including phenoxy) is 3. The molecule has 0 aromatic carbocycles. The number of hydrogen-bond donors (Lipinski definition) is 2. The van der Waals surface area contributed by atoms with Gasteiger partial charge in [0.1, 0.15) is 5.82 Å². The molecule has 1 aromatic heterocycles. The molecule has 0 aliphatic carbocycles. The molecule has 22 heavy (non-hydrogen) atoms. The number of anilines is 2. The molecule has 0 aliphatic rings. The summed E-state index contributed by atoms with van der Waals surface area (Å²) in [6, 6.07) is 0.